The largest absolute Gasteiger partial charge is 0.493 e. The number of methoxy groups -OCH3 is 1. The molecule has 2 aromatic rings. The van der Waals surface area contributed by atoms with E-state index in [9.17, 15) is 0 Å². The molecule has 2 heterocycles. The molecule has 1 aliphatic heterocycles. The lowest BCUT2D eigenvalue weighted by Crippen LogP contribution is -2.15. The third kappa shape index (κ3) is 2.46. The molecular weight excluding hydrogens is 244 g/mol. The number of rotatable bonds is 4. The Morgan fingerprint density at radius 3 is 3.16 bits per heavy atom. The molecule has 1 aliphatic rings. The zero-order chi connectivity index (χ0) is 13.1. The van der Waals surface area contributed by atoms with E-state index in [0.717, 1.165) is 17.7 Å². The predicted octanol–water partition coefficient (Wildman–Crippen LogP) is 2.17. The van der Waals surface area contributed by atoms with Crippen molar-refractivity contribution in [2.24, 2.45) is 0 Å². The molecule has 5 heteroatoms. The van der Waals surface area contributed by atoms with Crippen molar-refractivity contribution < 1.29 is 14.0 Å². The molecular formula is C14H16N2O3. The van der Waals surface area contributed by atoms with Crippen LogP contribution in [0.25, 0.3) is 0 Å². The van der Waals surface area contributed by atoms with E-state index in [2.05, 4.69) is 16.2 Å². The third-order valence-electron chi connectivity index (χ3n) is 3.27. The molecule has 0 unspecified atom stereocenters. The van der Waals surface area contributed by atoms with Crippen molar-refractivity contribution in [2.45, 2.75) is 18.8 Å². The van der Waals surface area contributed by atoms with Crippen LogP contribution >= 0.6 is 0 Å². The average molecular weight is 260 g/mol. The number of para-hydroxylation sites is 1. The van der Waals surface area contributed by atoms with Gasteiger partial charge in [-0.25, -0.2) is 0 Å². The highest BCUT2D eigenvalue weighted by molar-refractivity contribution is 5.40. The SMILES string of the molecule is COCCc1noc([C@H]2CCOc3ccccc32)n1. The van der Waals surface area contributed by atoms with E-state index in [1.807, 2.05) is 18.2 Å². The molecule has 1 aromatic carbocycles. The highest BCUT2D eigenvalue weighted by atomic mass is 16.5. The van der Waals surface area contributed by atoms with E-state index >= 15 is 0 Å². The first kappa shape index (κ1) is 12.2. The van der Waals surface area contributed by atoms with Crippen LogP contribution in [0.1, 0.15) is 29.6 Å². The number of hydrogen-bond acceptors (Lipinski definition) is 5. The summed E-state index contributed by atoms with van der Waals surface area (Å²) in [5.41, 5.74) is 1.12. The van der Waals surface area contributed by atoms with E-state index in [0.29, 0.717) is 31.3 Å². The highest BCUT2D eigenvalue weighted by Crippen LogP contribution is 2.36. The van der Waals surface area contributed by atoms with Crippen molar-refractivity contribution in [2.75, 3.05) is 20.3 Å². The van der Waals surface area contributed by atoms with Crippen molar-refractivity contribution in [3.63, 3.8) is 0 Å². The fourth-order valence-corrected chi connectivity index (χ4v) is 2.30. The van der Waals surface area contributed by atoms with Crippen molar-refractivity contribution >= 4 is 0 Å². The van der Waals surface area contributed by atoms with Gasteiger partial charge in [0.2, 0.25) is 5.89 Å². The maximum atomic E-state index is 5.64. The summed E-state index contributed by atoms with van der Waals surface area (Å²) < 4.78 is 16.0. The Kier molecular flexibility index (Phi) is 3.46. The summed E-state index contributed by atoms with van der Waals surface area (Å²) in [7, 11) is 1.66. The predicted molar refractivity (Wildman–Crippen MR) is 68.3 cm³/mol. The first-order chi connectivity index (χ1) is 9.38. The number of aromatic nitrogens is 2. The number of benzene rings is 1. The van der Waals surface area contributed by atoms with E-state index in [1.54, 1.807) is 7.11 Å². The Morgan fingerprint density at radius 1 is 1.37 bits per heavy atom. The molecule has 0 amide bonds. The van der Waals surface area contributed by atoms with Crippen LogP contribution in [-0.2, 0) is 11.2 Å². The van der Waals surface area contributed by atoms with Gasteiger partial charge in [-0.2, -0.15) is 4.98 Å². The molecule has 0 aliphatic carbocycles. The molecule has 100 valence electrons. The second kappa shape index (κ2) is 5.40. The van der Waals surface area contributed by atoms with Crippen LogP contribution in [0.4, 0.5) is 0 Å². The lowest BCUT2D eigenvalue weighted by molar-refractivity contribution is 0.199. The van der Waals surface area contributed by atoms with Gasteiger partial charge in [0.05, 0.1) is 19.1 Å². The fraction of sp³-hybridized carbons (Fsp3) is 0.429. The zero-order valence-corrected chi connectivity index (χ0v) is 10.8. The highest BCUT2D eigenvalue weighted by Gasteiger charge is 2.27. The van der Waals surface area contributed by atoms with Gasteiger partial charge in [-0.05, 0) is 12.5 Å². The van der Waals surface area contributed by atoms with Crippen LogP contribution in [0.2, 0.25) is 0 Å². The minimum absolute atomic E-state index is 0.133. The van der Waals surface area contributed by atoms with Crippen LogP contribution < -0.4 is 4.74 Å². The summed E-state index contributed by atoms with van der Waals surface area (Å²) in [6, 6.07) is 8.00. The molecule has 5 nitrogen and oxygen atoms in total. The fourth-order valence-electron chi connectivity index (χ4n) is 2.30. The van der Waals surface area contributed by atoms with Crippen molar-refractivity contribution in [3.05, 3.63) is 41.5 Å². The number of hydrogen-bond donors (Lipinski definition) is 0. The maximum Gasteiger partial charge on any atom is 0.234 e. The van der Waals surface area contributed by atoms with Crippen LogP contribution in [0.5, 0.6) is 5.75 Å². The summed E-state index contributed by atoms with van der Waals surface area (Å²) >= 11 is 0. The van der Waals surface area contributed by atoms with Gasteiger partial charge >= 0.3 is 0 Å². The molecule has 3 rings (SSSR count). The number of ether oxygens (including phenoxy) is 2. The van der Waals surface area contributed by atoms with Gasteiger partial charge in [0.15, 0.2) is 5.82 Å². The summed E-state index contributed by atoms with van der Waals surface area (Å²) in [4.78, 5) is 4.46. The smallest absolute Gasteiger partial charge is 0.234 e. The normalized spacial score (nSPS) is 17.8. The van der Waals surface area contributed by atoms with Crippen LogP contribution in [-0.4, -0.2) is 30.5 Å². The molecule has 0 fully saturated rings. The van der Waals surface area contributed by atoms with Crippen molar-refractivity contribution in [1.82, 2.24) is 10.1 Å². The molecule has 1 atom stereocenters. The van der Waals surface area contributed by atoms with E-state index < -0.39 is 0 Å². The molecule has 0 bridgehead atoms. The summed E-state index contributed by atoms with van der Waals surface area (Å²) in [5.74, 6) is 2.41. The minimum Gasteiger partial charge on any atom is -0.493 e. The Balaban J connectivity index is 1.85. The second-order valence-electron chi connectivity index (χ2n) is 4.52. The molecule has 1 aromatic heterocycles. The van der Waals surface area contributed by atoms with Gasteiger partial charge in [-0.15, -0.1) is 0 Å². The Labute approximate surface area is 111 Å². The van der Waals surface area contributed by atoms with Gasteiger partial charge in [0.25, 0.3) is 0 Å². The van der Waals surface area contributed by atoms with Crippen molar-refractivity contribution in [1.29, 1.82) is 0 Å². The molecule has 0 spiro atoms. The Morgan fingerprint density at radius 2 is 2.26 bits per heavy atom. The summed E-state index contributed by atoms with van der Waals surface area (Å²) in [6.45, 7) is 1.28. The summed E-state index contributed by atoms with van der Waals surface area (Å²) in [5, 5.41) is 3.99. The molecule has 0 radical (unpaired) electrons. The van der Waals surface area contributed by atoms with E-state index in [4.69, 9.17) is 14.0 Å². The van der Waals surface area contributed by atoms with Crippen LogP contribution in [0, 0.1) is 0 Å². The molecule has 0 saturated carbocycles. The lowest BCUT2D eigenvalue weighted by Gasteiger charge is -2.22. The minimum atomic E-state index is 0.133. The molecule has 19 heavy (non-hydrogen) atoms. The van der Waals surface area contributed by atoms with Crippen molar-refractivity contribution in [3.8, 4) is 5.75 Å². The maximum absolute atomic E-state index is 5.64. The Bertz CT molecular complexity index is 553. The Hall–Kier alpha value is -1.88. The lowest BCUT2D eigenvalue weighted by atomic mass is 9.93. The number of nitrogens with zero attached hydrogens (tertiary/aromatic N) is 2. The summed E-state index contributed by atoms with van der Waals surface area (Å²) in [6.07, 6.45) is 1.54. The third-order valence-corrected chi connectivity index (χ3v) is 3.27. The quantitative estimate of drug-likeness (QED) is 0.843. The first-order valence-electron chi connectivity index (χ1n) is 6.41. The standard InChI is InChI=1S/C14H16N2O3/c1-17-8-7-13-15-14(19-16-13)11-6-9-18-12-5-3-2-4-10(11)12/h2-5,11H,6-9H2,1H3/t11-/m0/s1. The average Bonchev–Trinajstić information content (AvgIpc) is 2.93. The van der Waals surface area contributed by atoms with Gasteiger partial charge in [0.1, 0.15) is 5.75 Å². The molecule has 0 saturated heterocycles. The molecule has 0 N–H and O–H groups in total. The van der Waals surface area contributed by atoms with Crippen LogP contribution in [0.15, 0.2) is 28.8 Å². The van der Waals surface area contributed by atoms with Gasteiger partial charge in [-0.1, -0.05) is 23.4 Å². The van der Waals surface area contributed by atoms with Crippen LogP contribution in [0.3, 0.4) is 0 Å². The monoisotopic (exact) mass is 260 g/mol. The topological polar surface area (TPSA) is 57.4 Å². The second-order valence-corrected chi connectivity index (χ2v) is 4.52. The van der Waals surface area contributed by atoms with Gasteiger partial charge < -0.3 is 14.0 Å². The van der Waals surface area contributed by atoms with Gasteiger partial charge in [0, 0.05) is 19.1 Å². The van der Waals surface area contributed by atoms with E-state index in [-0.39, 0.29) is 5.92 Å². The van der Waals surface area contributed by atoms with Gasteiger partial charge in [-0.3, -0.25) is 0 Å². The first-order valence-corrected chi connectivity index (χ1v) is 6.41. The van der Waals surface area contributed by atoms with E-state index in [1.165, 1.54) is 0 Å². The zero-order valence-electron chi connectivity index (χ0n) is 10.8. The number of fused-ring (bicyclic) bond motifs is 1.